The first kappa shape index (κ1) is 14.3. The lowest BCUT2D eigenvalue weighted by atomic mass is 9.66. The number of benzene rings is 1. The first-order valence-electron chi connectivity index (χ1n) is 7.74. The minimum absolute atomic E-state index is 0.187. The zero-order chi connectivity index (χ0) is 14.1. The topological polar surface area (TPSA) is 0 Å². The molecular formula is C17H21ClF2. The smallest absolute Gasteiger partial charge is 0.159 e. The van der Waals surface area contributed by atoms with Gasteiger partial charge in [-0.15, -0.1) is 11.6 Å². The summed E-state index contributed by atoms with van der Waals surface area (Å²) in [6, 6.07) is 4.08. The highest BCUT2D eigenvalue weighted by atomic mass is 35.5. The van der Waals surface area contributed by atoms with Gasteiger partial charge >= 0.3 is 0 Å². The van der Waals surface area contributed by atoms with Crippen LogP contribution in [0.2, 0.25) is 0 Å². The molecule has 0 spiro atoms. The number of hydrogen-bond donors (Lipinski definition) is 0. The maximum Gasteiger partial charge on any atom is 0.159 e. The minimum atomic E-state index is -0.798. The van der Waals surface area contributed by atoms with Crippen molar-refractivity contribution in [3.05, 3.63) is 35.4 Å². The number of fused-ring (bicyclic) bond motifs is 1. The van der Waals surface area contributed by atoms with Crippen molar-refractivity contribution in [2.24, 2.45) is 17.8 Å². The quantitative estimate of drug-likeness (QED) is 0.601. The van der Waals surface area contributed by atoms with E-state index in [2.05, 4.69) is 0 Å². The van der Waals surface area contributed by atoms with E-state index in [4.69, 9.17) is 11.6 Å². The molecular weight excluding hydrogens is 278 g/mol. The fourth-order valence-electron chi connectivity index (χ4n) is 4.13. The molecule has 2 aliphatic rings. The fourth-order valence-corrected chi connectivity index (χ4v) is 4.50. The number of halogens is 3. The van der Waals surface area contributed by atoms with E-state index in [0.29, 0.717) is 5.92 Å². The molecule has 2 saturated carbocycles. The molecule has 3 rings (SSSR count). The van der Waals surface area contributed by atoms with E-state index in [1.807, 2.05) is 0 Å². The summed E-state index contributed by atoms with van der Waals surface area (Å²) >= 11 is 6.55. The first-order chi connectivity index (χ1) is 9.65. The third-order valence-corrected chi connectivity index (χ3v) is 5.86. The molecule has 0 nitrogen and oxygen atoms in total. The summed E-state index contributed by atoms with van der Waals surface area (Å²) in [5.41, 5.74) is 0.727. The Balaban J connectivity index is 1.70. The Morgan fingerprint density at radius 1 is 0.950 bits per heavy atom. The van der Waals surface area contributed by atoms with Crippen molar-refractivity contribution < 1.29 is 8.78 Å². The highest BCUT2D eigenvalue weighted by Gasteiger charge is 2.35. The van der Waals surface area contributed by atoms with E-state index in [9.17, 15) is 8.78 Å². The van der Waals surface area contributed by atoms with Gasteiger partial charge in [0.25, 0.3) is 0 Å². The largest absolute Gasteiger partial charge is 0.204 e. The second-order valence-electron chi connectivity index (χ2n) is 6.45. The van der Waals surface area contributed by atoms with Crippen LogP contribution in [0.15, 0.2) is 18.2 Å². The van der Waals surface area contributed by atoms with Gasteiger partial charge in [0.2, 0.25) is 0 Å². The minimum Gasteiger partial charge on any atom is -0.204 e. The molecule has 3 heteroatoms. The maximum atomic E-state index is 13.3. The summed E-state index contributed by atoms with van der Waals surface area (Å²) in [7, 11) is 0. The van der Waals surface area contributed by atoms with Gasteiger partial charge in [-0.05, 0) is 54.7 Å². The monoisotopic (exact) mass is 298 g/mol. The molecule has 0 heterocycles. The lowest BCUT2D eigenvalue weighted by molar-refractivity contribution is 0.127. The van der Waals surface area contributed by atoms with Crippen molar-refractivity contribution >= 4 is 11.6 Å². The Bertz CT molecular complexity index is 474. The molecule has 110 valence electrons. The van der Waals surface area contributed by atoms with Crippen LogP contribution in [-0.4, -0.2) is 0 Å². The standard InChI is InChI=1S/C17H21ClF2/c18-17(14-7-8-15(19)16(20)10-14)13-6-5-11-3-1-2-4-12(11)9-13/h7-8,10-13,17H,1-6,9H2. The van der Waals surface area contributed by atoms with Crippen molar-refractivity contribution in [2.75, 3.05) is 0 Å². The summed E-state index contributed by atoms with van der Waals surface area (Å²) in [6.07, 6.45) is 8.93. The first-order valence-corrected chi connectivity index (χ1v) is 8.18. The van der Waals surface area contributed by atoms with Crippen molar-refractivity contribution in [1.82, 2.24) is 0 Å². The Morgan fingerprint density at radius 2 is 1.70 bits per heavy atom. The summed E-state index contributed by atoms with van der Waals surface area (Å²) < 4.78 is 26.3. The molecule has 0 N–H and O–H groups in total. The molecule has 0 aromatic heterocycles. The third-order valence-electron chi connectivity index (χ3n) is 5.26. The van der Waals surface area contributed by atoms with Gasteiger partial charge in [-0.1, -0.05) is 31.7 Å². The van der Waals surface area contributed by atoms with Crippen molar-refractivity contribution in [3.8, 4) is 0 Å². The molecule has 4 atom stereocenters. The van der Waals surface area contributed by atoms with Gasteiger partial charge in [-0.3, -0.25) is 0 Å². The zero-order valence-corrected chi connectivity index (χ0v) is 12.4. The summed E-state index contributed by atoms with van der Waals surface area (Å²) in [6.45, 7) is 0. The van der Waals surface area contributed by atoms with Crippen LogP contribution in [0.5, 0.6) is 0 Å². The van der Waals surface area contributed by atoms with Gasteiger partial charge in [0, 0.05) is 0 Å². The van der Waals surface area contributed by atoms with E-state index in [-0.39, 0.29) is 5.38 Å². The Morgan fingerprint density at radius 3 is 2.45 bits per heavy atom. The van der Waals surface area contributed by atoms with Crippen LogP contribution in [0.25, 0.3) is 0 Å². The van der Waals surface area contributed by atoms with Gasteiger partial charge in [0.1, 0.15) is 0 Å². The van der Waals surface area contributed by atoms with Crippen molar-refractivity contribution in [2.45, 2.75) is 50.3 Å². The molecule has 20 heavy (non-hydrogen) atoms. The number of rotatable bonds is 2. The molecule has 0 saturated heterocycles. The third kappa shape index (κ3) is 2.86. The molecule has 1 aromatic carbocycles. The van der Waals surface area contributed by atoms with E-state index in [1.54, 1.807) is 6.07 Å². The predicted molar refractivity (Wildman–Crippen MR) is 77.7 cm³/mol. The van der Waals surface area contributed by atoms with E-state index >= 15 is 0 Å². The average Bonchev–Trinajstić information content (AvgIpc) is 2.49. The molecule has 0 bridgehead atoms. The molecule has 1 aromatic rings. The van der Waals surface area contributed by atoms with Crippen LogP contribution >= 0.6 is 11.6 Å². The number of hydrogen-bond acceptors (Lipinski definition) is 0. The van der Waals surface area contributed by atoms with Gasteiger partial charge < -0.3 is 0 Å². The van der Waals surface area contributed by atoms with Crippen molar-refractivity contribution in [1.29, 1.82) is 0 Å². The molecule has 2 aliphatic carbocycles. The lowest BCUT2D eigenvalue weighted by Crippen LogP contribution is -2.29. The highest BCUT2D eigenvalue weighted by Crippen LogP contribution is 2.47. The van der Waals surface area contributed by atoms with Crippen LogP contribution in [-0.2, 0) is 0 Å². The maximum absolute atomic E-state index is 13.3. The van der Waals surface area contributed by atoms with Crippen LogP contribution < -0.4 is 0 Å². The average molecular weight is 299 g/mol. The van der Waals surface area contributed by atoms with Crippen LogP contribution in [0.1, 0.15) is 55.9 Å². The van der Waals surface area contributed by atoms with Gasteiger partial charge in [-0.2, -0.15) is 0 Å². The SMILES string of the molecule is Fc1ccc(C(Cl)C2CCC3CCCCC3C2)cc1F. The highest BCUT2D eigenvalue weighted by molar-refractivity contribution is 6.21. The van der Waals surface area contributed by atoms with Crippen LogP contribution in [0, 0.1) is 29.4 Å². The molecule has 2 fully saturated rings. The van der Waals surface area contributed by atoms with Crippen molar-refractivity contribution in [3.63, 3.8) is 0 Å². The summed E-state index contributed by atoms with van der Waals surface area (Å²) in [5.74, 6) is 0.497. The fraction of sp³-hybridized carbons (Fsp3) is 0.647. The summed E-state index contributed by atoms with van der Waals surface area (Å²) in [4.78, 5) is 0. The molecule has 0 aliphatic heterocycles. The predicted octanol–water partition coefficient (Wildman–Crippen LogP) is 5.85. The van der Waals surface area contributed by atoms with Gasteiger partial charge in [0.15, 0.2) is 11.6 Å². The van der Waals surface area contributed by atoms with E-state index in [0.717, 1.165) is 30.2 Å². The zero-order valence-electron chi connectivity index (χ0n) is 11.6. The molecule has 0 radical (unpaired) electrons. The summed E-state index contributed by atoms with van der Waals surface area (Å²) in [5, 5.41) is -0.187. The molecule has 0 amide bonds. The van der Waals surface area contributed by atoms with E-state index < -0.39 is 11.6 Å². The molecule has 4 unspecified atom stereocenters. The van der Waals surface area contributed by atoms with Crippen LogP contribution in [0.3, 0.4) is 0 Å². The van der Waals surface area contributed by atoms with Gasteiger partial charge in [-0.25, -0.2) is 8.78 Å². The normalized spacial score (nSPS) is 31.6. The van der Waals surface area contributed by atoms with Gasteiger partial charge in [0.05, 0.1) is 5.38 Å². The number of alkyl halides is 1. The van der Waals surface area contributed by atoms with E-state index in [1.165, 1.54) is 44.2 Å². The second kappa shape index (κ2) is 6.01. The Labute approximate surface area is 124 Å². The Hall–Kier alpha value is -0.630. The lowest BCUT2D eigenvalue weighted by Gasteiger charge is -2.40. The second-order valence-corrected chi connectivity index (χ2v) is 6.92. The van der Waals surface area contributed by atoms with Crippen LogP contribution in [0.4, 0.5) is 8.78 Å². The Kier molecular flexibility index (Phi) is 4.30.